The van der Waals surface area contributed by atoms with E-state index < -0.39 is 0 Å². The summed E-state index contributed by atoms with van der Waals surface area (Å²) in [6, 6.07) is 5.41. The van der Waals surface area contributed by atoms with Crippen molar-refractivity contribution in [1.29, 1.82) is 0 Å². The van der Waals surface area contributed by atoms with Crippen LogP contribution in [-0.2, 0) is 0 Å². The summed E-state index contributed by atoms with van der Waals surface area (Å²) < 4.78 is 19.4. The highest BCUT2D eigenvalue weighted by Gasteiger charge is 2.20. The minimum absolute atomic E-state index is 0.0389. The molecule has 0 bridgehead atoms. The van der Waals surface area contributed by atoms with Gasteiger partial charge in [0.2, 0.25) is 0 Å². The number of hydrogen-bond acceptors (Lipinski definition) is 3. The van der Waals surface area contributed by atoms with Crippen LogP contribution >= 0.6 is 11.8 Å². The van der Waals surface area contributed by atoms with Gasteiger partial charge in [0, 0.05) is 22.6 Å². The molecule has 0 heterocycles. The van der Waals surface area contributed by atoms with E-state index in [0.717, 1.165) is 11.0 Å². The summed E-state index contributed by atoms with van der Waals surface area (Å²) in [5, 5.41) is 3.98. The second kappa shape index (κ2) is 7.89. The molecule has 1 aliphatic carbocycles. The van der Waals surface area contributed by atoms with Gasteiger partial charge < -0.3 is 10.1 Å². The first kappa shape index (κ1) is 15.6. The Morgan fingerprint density at radius 1 is 1.35 bits per heavy atom. The SMILES string of the molecule is CNC(CSC1CCCCC1)c1cccc(OC)c1F. The zero-order chi connectivity index (χ0) is 14.4. The summed E-state index contributed by atoms with van der Waals surface area (Å²) in [5.74, 6) is 0.995. The zero-order valence-electron chi connectivity index (χ0n) is 12.3. The maximum Gasteiger partial charge on any atom is 0.169 e. The van der Waals surface area contributed by atoms with E-state index in [1.165, 1.54) is 39.2 Å². The van der Waals surface area contributed by atoms with Crippen LogP contribution in [0, 0.1) is 5.82 Å². The molecule has 1 aromatic rings. The van der Waals surface area contributed by atoms with Crippen molar-refractivity contribution in [2.45, 2.75) is 43.4 Å². The highest BCUT2D eigenvalue weighted by molar-refractivity contribution is 7.99. The molecular weight excluding hydrogens is 273 g/mol. The molecule has 20 heavy (non-hydrogen) atoms. The van der Waals surface area contributed by atoms with E-state index in [-0.39, 0.29) is 11.9 Å². The molecule has 1 aliphatic rings. The quantitative estimate of drug-likeness (QED) is 0.852. The van der Waals surface area contributed by atoms with Gasteiger partial charge >= 0.3 is 0 Å². The van der Waals surface area contributed by atoms with E-state index in [4.69, 9.17) is 4.74 Å². The molecule has 2 nitrogen and oxygen atoms in total. The van der Waals surface area contributed by atoms with E-state index in [1.807, 2.05) is 30.9 Å². The van der Waals surface area contributed by atoms with Crippen LogP contribution in [0.2, 0.25) is 0 Å². The number of hydrogen-bond donors (Lipinski definition) is 1. The molecule has 0 spiro atoms. The third-order valence-electron chi connectivity index (χ3n) is 3.99. The van der Waals surface area contributed by atoms with Gasteiger partial charge in [0.15, 0.2) is 11.6 Å². The second-order valence-corrected chi connectivity index (χ2v) is 6.63. The lowest BCUT2D eigenvalue weighted by Crippen LogP contribution is -2.22. The molecule has 1 aromatic carbocycles. The molecule has 4 heteroatoms. The Labute approximate surface area is 125 Å². The smallest absolute Gasteiger partial charge is 0.169 e. The van der Waals surface area contributed by atoms with Crippen LogP contribution in [0.3, 0.4) is 0 Å². The van der Waals surface area contributed by atoms with Crippen molar-refractivity contribution in [3.05, 3.63) is 29.6 Å². The average molecular weight is 297 g/mol. The number of benzene rings is 1. The lowest BCUT2D eigenvalue weighted by atomic mass is 10.0. The normalized spacial score (nSPS) is 17.9. The van der Waals surface area contributed by atoms with Crippen molar-refractivity contribution in [3.63, 3.8) is 0 Å². The van der Waals surface area contributed by atoms with Crippen molar-refractivity contribution in [2.24, 2.45) is 0 Å². The number of ether oxygens (including phenoxy) is 1. The summed E-state index contributed by atoms with van der Waals surface area (Å²) >= 11 is 1.98. The van der Waals surface area contributed by atoms with Crippen LogP contribution < -0.4 is 10.1 Å². The molecule has 1 N–H and O–H groups in total. The predicted octanol–water partition coefficient (Wildman–Crippen LogP) is 4.16. The Hall–Kier alpha value is -0.740. The minimum Gasteiger partial charge on any atom is -0.494 e. The summed E-state index contributed by atoms with van der Waals surface area (Å²) in [4.78, 5) is 0. The topological polar surface area (TPSA) is 21.3 Å². The average Bonchev–Trinajstić information content (AvgIpc) is 2.50. The van der Waals surface area contributed by atoms with Crippen molar-refractivity contribution >= 4 is 11.8 Å². The van der Waals surface area contributed by atoms with E-state index in [2.05, 4.69) is 5.32 Å². The molecule has 0 aliphatic heterocycles. The van der Waals surface area contributed by atoms with Gasteiger partial charge in [0.25, 0.3) is 0 Å². The highest BCUT2D eigenvalue weighted by Crippen LogP contribution is 2.32. The van der Waals surface area contributed by atoms with Gasteiger partial charge in [-0.05, 0) is 26.0 Å². The molecule has 2 rings (SSSR count). The highest BCUT2D eigenvalue weighted by atomic mass is 32.2. The maximum absolute atomic E-state index is 14.3. The van der Waals surface area contributed by atoms with Gasteiger partial charge in [-0.1, -0.05) is 31.4 Å². The van der Waals surface area contributed by atoms with Crippen molar-refractivity contribution < 1.29 is 9.13 Å². The van der Waals surface area contributed by atoms with Crippen LogP contribution in [0.1, 0.15) is 43.7 Å². The van der Waals surface area contributed by atoms with Crippen molar-refractivity contribution in [1.82, 2.24) is 5.32 Å². The van der Waals surface area contributed by atoms with Crippen molar-refractivity contribution in [3.8, 4) is 5.75 Å². The van der Waals surface area contributed by atoms with Crippen LogP contribution in [0.5, 0.6) is 5.75 Å². The fourth-order valence-electron chi connectivity index (χ4n) is 2.75. The molecule has 0 radical (unpaired) electrons. The minimum atomic E-state index is -0.237. The third-order valence-corrected chi connectivity index (χ3v) is 5.46. The van der Waals surface area contributed by atoms with Gasteiger partial charge in [0.05, 0.1) is 7.11 Å². The monoisotopic (exact) mass is 297 g/mol. The molecule has 1 atom stereocenters. The van der Waals surface area contributed by atoms with Crippen LogP contribution in [0.4, 0.5) is 4.39 Å². The largest absolute Gasteiger partial charge is 0.494 e. The van der Waals surface area contributed by atoms with E-state index in [1.54, 1.807) is 6.07 Å². The Kier molecular flexibility index (Phi) is 6.17. The Bertz CT molecular complexity index is 421. The molecule has 112 valence electrons. The molecule has 0 saturated heterocycles. The maximum atomic E-state index is 14.3. The summed E-state index contributed by atoms with van der Waals surface area (Å²) in [6.45, 7) is 0. The van der Waals surface area contributed by atoms with Gasteiger partial charge in [-0.3, -0.25) is 0 Å². The molecule has 0 aromatic heterocycles. The van der Waals surface area contributed by atoms with Crippen LogP contribution in [0.15, 0.2) is 18.2 Å². The predicted molar refractivity (Wildman–Crippen MR) is 84.1 cm³/mol. The molecule has 1 unspecified atom stereocenters. The summed E-state index contributed by atoms with van der Waals surface area (Å²) in [6.07, 6.45) is 6.67. The first-order valence-electron chi connectivity index (χ1n) is 7.37. The first-order valence-corrected chi connectivity index (χ1v) is 8.42. The first-order chi connectivity index (χ1) is 9.76. The van der Waals surface area contributed by atoms with Gasteiger partial charge in [-0.2, -0.15) is 11.8 Å². The molecule has 0 amide bonds. The number of rotatable bonds is 6. The number of thioether (sulfide) groups is 1. The molecular formula is C16H24FNOS. The van der Waals surface area contributed by atoms with E-state index in [0.29, 0.717) is 11.3 Å². The number of halogens is 1. The van der Waals surface area contributed by atoms with Crippen LogP contribution in [-0.4, -0.2) is 25.2 Å². The second-order valence-electron chi connectivity index (χ2n) is 5.30. The van der Waals surface area contributed by atoms with Crippen LogP contribution in [0.25, 0.3) is 0 Å². The number of nitrogens with one attached hydrogen (secondary N) is 1. The third kappa shape index (κ3) is 3.89. The van der Waals surface area contributed by atoms with Gasteiger partial charge in [-0.15, -0.1) is 0 Å². The standard InChI is InChI=1S/C16H24FNOS/c1-18-14(11-20-12-7-4-3-5-8-12)13-9-6-10-15(19-2)16(13)17/h6,9-10,12,14,18H,3-5,7-8,11H2,1-2H3. The lowest BCUT2D eigenvalue weighted by molar-refractivity contribution is 0.381. The Morgan fingerprint density at radius 3 is 2.75 bits per heavy atom. The summed E-state index contributed by atoms with van der Waals surface area (Å²) in [7, 11) is 3.40. The van der Waals surface area contributed by atoms with Crippen molar-refractivity contribution in [2.75, 3.05) is 19.9 Å². The van der Waals surface area contributed by atoms with Gasteiger partial charge in [-0.25, -0.2) is 4.39 Å². The van der Waals surface area contributed by atoms with E-state index in [9.17, 15) is 4.39 Å². The Morgan fingerprint density at radius 2 is 2.10 bits per heavy atom. The fraction of sp³-hybridized carbons (Fsp3) is 0.625. The summed E-state index contributed by atoms with van der Waals surface area (Å²) in [5.41, 5.74) is 0.704. The lowest BCUT2D eigenvalue weighted by Gasteiger charge is -2.24. The fourth-order valence-corrected chi connectivity index (χ4v) is 4.22. The number of methoxy groups -OCH3 is 1. The molecule has 1 saturated carbocycles. The van der Waals surface area contributed by atoms with Gasteiger partial charge in [0.1, 0.15) is 0 Å². The molecule has 1 fully saturated rings. The Balaban J connectivity index is 2.00. The van der Waals surface area contributed by atoms with E-state index >= 15 is 0 Å². The zero-order valence-corrected chi connectivity index (χ0v) is 13.1.